The van der Waals surface area contributed by atoms with Crippen molar-refractivity contribution in [3.63, 3.8) is 0 Å². The van der Waals surface area contributed by atoms with E-state index in [1.54, 1.807) is 12.1 Å². The fourth-order valence-electron chi connectivity index (χ4n) is 2.89. The Morgan fingerprint density at radius 3 is 1.83 bits per heavy atom. The number of nitro groups is 1. The van der Waals surface area contributed by atoms with Crippen LogP contribution in [-0.2, 0) is 0 Å². The number of hydrogen-bond donors (Lipinski definition) is 0. The molecule has 0 heterocycles. The molecular weight excluding hydrogens is 302 g/mol. The summed E-state index contributed by atoms with van der Waals surface area (Å²) in [7, 11) is 1.45. The Kier molecular flexibility index (Phi) is 4.57. The smallest absolute Gasteiger partial charge is 0.310 e. The molecule has 0 aromatic heterocycles. The number of benzene rings is 3. The van der Waals surface area contributed by atoms with Gasteiger partial charge in [-0.25, -0.2) is 0 Å². The normalized spacial score (nSPS) is 10.6. The molecule has 3 aromatic rings. The molecule has 0 aliphatic heterocycles. The summed E-state index contributed by atoms with van der Waals surface area (Å²) in [6.07, 6.45) is 0. The highest BCUT2D eigenvalue weighted by atomic mass is 16.6. The van der Waals surface area contributed by atoms with Crippen LogP contribution in [0.4, 0.5) is 5.69 Å². The third kappa shape index (κ3) is 3.13. The lowest BCUT2D eigenvalue weighted by atomic mass is 9.85. The zero-order valence-corrected chi connectivity index (χ0v) is 13.3. The molecule has 0 spiro atoms. The Bertz CT molecular complexity index is 793. The van der Waals surface area contributed by atoms with Crippen LogP contribution < -0.4 is 4.74 Å². The van der Waals surface area contributed by atoms with E-state index >= 15 is 0 Å². The number of ether oxygens (including phenoxy) is 1. The average molecular weight is 319 g/mol. The van der Waals surface area contributed by atoms with E-state index in [1.807, 2.05) is 36.4 Å². The van der Waals surface area contributed by atoms with E-state index in [4.69, 9.17) is 4.74 Å². The van der Waals surface area contributed by atoms with Gasteiger partial charge in [-0.15, -0.1) is 0 Å². The Balaban J connectivity index is 2.15. The number of nitro benzene ring substituents is 1. The lowest BCUT2D eigenvalue weighted by Crippen LogP contribution is -2.04. The highest BCUT2D eigenvalue weighted by molar-refractivity contribution is 5.53. The molecule has 0 unspecified atom stereocenters. The zero-order chi connectivity index (χ0) is 16.9. The minimum atomic E-state index is -0.428. The van der Waals surface area contributed by atoms with E-state index in [-0.39, 0.29) is 17.4 Å². The third-order valence-electron chi connectivity index (χ3n) is 4.00. The van der Waals surface area contributed by atoms with Crippen molar-refractivity contribution < 1.29 is 9.66 Å². The first kappa shape index (κ1) is 15.7. The maximum absolute atomic E-state index is 11.1. The number of methoxy groups -OCH3 is 1. The summed E-state index contributed by atoms with van der Waals surface area (Å²) < 4.78 is 5.23. The molecule has 120 valence electrons. The molecule has 0 N–H and O–H groups in total. The fourth-order valence-corrected chi connectivity index (χ4v) is 2.89. The first-order valence-electron chi connectivity index (χ1n) is 7.63. The fraction of sp³-hybridized carbons (Fsp3) is 0.100. The van der Waals surface area contributed by atoms with Crippen LogP contribution in [0, 0.1) is 10.1 Å². The Labute approximate surface area is 140 Å². The van der Waals surface area contributed by atoms with Crippen LogP contribution in [0.25, 0.3) is 0 Å². The molecule has 0 saturated carbocycles. The Morgan fingerprint density at radius 2 is 1.38 bits per heavy atom. The summed E-state index contributed by atoms with van der Waals surface area (Å²) in [6, 6.07) is 25.2. The van der Waals surface area contributed by atoms with Gasteiger partial charge < -0.3 is 4.74 Å². The second kappa shape index (κ2) is 6.96. The van der Waals surface area contributed by atoms with Crippen LogP contribution in [0.15, 0.2) is 78.9 Å². The molecule has 0 radical (unpaired) electrons. The van der Waals surface area contributed by atoms with Crippen molar-refractivity contribution in [3.8, 4) is 5.75 Å². The molecule has 0 aliphatic carbocycles. The van der Waals surface area contributed by atoms with E-state index in [0.717, 1.165) is 16.7 Å². The molecule has 0 saturated heterocycles. The molecule has 3 rings (SSSR count). The Morgan fingerprint density at radius 1 is 0.833 bits per heavy atom. The van der Waals surface area contributed by atoms with Gasteiger partial charge >= 0.3 is 5.69 Å². The Hall–Kier alpha value is -3.14. The predicted molar refractivity (Wildman–Crippen MR) is 93.5 cm³/mol. The molecule has 0 amide bonds. The minimum Gasteiger partial charge on any atom is -0.490 e. The van der Waals surface area contributed by atoms with E-state index in [1.165, 1.54) is 13.2 Å². The first-order chi connectivity index (χ1) is 11.7. The van der Waals surface area contributed by atoms with Gasteiger partial charge in [0.05, 0.1) is 12.0 Å². The van der Waals surface area contributed by atoms with Gasteiger partial charge in [-0.05, 0) is 22.8 Å². The second-order valence-corrected chi connectivity index (χ2v) is 5.44. The van der Waals surface area contributed by atoms with Gasteiger partial charge in [0.15, 0.2) is 5.75 Å². The van der Waals surface area contributed by atoms with Crippen LogP contribution in [-0.4, -0.2) is 12.0 Å². The molecule has 3 aromatic carbocycles. The van der Waals surface area contributed by atoms with Crippen molar-refractivity contribution in [2.45, 2.75) is 5.92 Å². The lowest BCUT2D eigenvalue weighted by Gasteiger charge is -2.19. The second-order valence-electron chi connectivity index (χ2n) is 5.44. The highest BCUT2D eigenvalue weighted by Gasteiger charge is 2.21. The quantitative estimate of drug-likeness (QED) is 0.386. The highest BCUT2D eigenvalue weighted by Crippen LogP contribution is 2.36. The van der Waals surface area contributed by atoms with Crippen molar-refractivity contribution in [2.75, 3.05) is 7.11 Å². The van der Waals surface area contributed by atoms with Crippen molar-refractivity contribution >= 4 is 5.69 Å². The van der Waals surface area contributed by atoms with E-state index in [2.05, 4.69) is 24.3 Å². The van der Waals surface area contributed by atoms with Gasteiger partial charge in [-0.1, -0.05) is 66.7 Å². The van der Waals surface area contributed by atoms with Crippen molar-refractivity contribution in [1.82, 2.24) is 0 Å². The summed E-state index contributed by atoms with van der Waals surface area (Å²) in [4.78, 5) is 10.7. The maximum atomic E-state index is 11.1. The lowest BCUT2D eigenvalue weighted by molar-refractivity contribution is -0.385. The standard InChI is InChI=1S/C20H17NO3/c1-24-19-14-17(12-13-18(19)21(22)23)20(15-8-4-2-5-9-15)16-10-6-3-7-11-16/h2-14,20H,1H3. The van der Waals surface area contributed by atoms with Crippen LogP contribution in [0.2, 0.25) is 0 Å². The summed E-state index contributed by atoms with van der Waals surface area (Å²) in [5.41, 5.74) is 3.18. The summed E-state index contributed by atoms with van der Waals surface area (Å²) in [5, 5.41) is 11.1. The van der Waals surface area contributed by atoms with Crippen molar-refractivity contribution in [2.24, 2.45) is 0 Å². The average Bonchev–Trinajstić information content (AvgIpc) is 2.63. The van der Waals surface area contributed by atoms with Crippen LogP contribution >= 0.6 is 0 Å². The van der Waals surface area contributed by atoms with Crippen molar-refractivity contribution in [3.05, 3.63) is 106 Å². The number of hydrogen-bond acceptors (Lipinski definition) is 3. The topological polar surface area (TPSA) is 52.4 Å². The monoisotopic (exact) mass is 319 g/mol. The van der Waals surface area contributed by atoms with Crippen LogP contribution in [0.1, 0.15) is 22.6 Å². The third-order valence-corrected chi connectivity index (χ3v) is 4.00. The van der Waals surface area contributed by atoms with E-state index in [9.17, 15) is 10.1 Å². The van der Waals surface area contributed by atoms with Crippen molar-refractivity contribution in [1.29, 1.82) is 0 Å². The van der Waals surface area contributed by atoms with Gasteiger partial charge in [0, 0.05) is 12.0 Å². The molecule has 0 bridgehead atoms. The molecular formula is C20H17NO3. The molecule has 0 aliphatic rings. The maximum Gasteiger partial charge on any atom is 0.310 e. The van der Waals surface area contributed by atoms with Gasteiger partial charge in [-0.2, -0.15) is 0 Å². The number of rotatable bonds is 5. The van der Waals surface area contributed by atoms with Gasteiger partial charge in [0.25, 0.3) is 0 Å². The van der Waals surface area contributed by atoms with Gasteiger partial charge in [0.2, 0.25) is 0 Å². The summed E-state index contributed by atoms with van der Waals surface area (Å²) >= 11 is 0. The summed E-state index contributed by atoms with van der Waals surface area (Å²) in [6.45, 7) is 0. The SMILES string of the molecule is COc1cc(C(c2ccccc2)c2ccccc2)ccc1[N+](=O)[O-]. The van der Waals surface area contributed by atoms with Crippen LogP contribution in [0.3, 0.4) is 0 Å². The first-order valence-corrected chi connectivity index (χ1v) is 7.63. The molecule has 4 nitrogen and oxygen atoms in total. The van der Waals surface area contributed by atoms with E-state index in [0.29, 0.717) is 0 Å². The minimum absolute atomic E-state index is 0.0119. The molecule has 0 fully saturated rings. The molecule has 4 heteroatoms. The van der Waals surface area contributed by atoms with Gasteiger partial charge in [0.1, 0.15) is 0 Å². The number of nitrogens with zero attached hydrogens (tertiary/aromatic N) is 1. The zero-order valence-electron chi connectivity index (χ0n) is 13.3. The molecule has 24 heavy (non-hydrogen) atoms. The molecule has 0 atom stereocenters. The van der Waals surface area contributed by atoms with E-state index < -0.39 is 4.92 Å². The summed E-state index contributed by atoms with van der Waals surface area (Å²) in [5.74, 6) is 0.261. The van der Waals surface area contributed by atoms with Gasteiger partial charge in [-0.3, -0.25) is 10.1 Å². The largest absolute Gasteiger partial charge is 0.490 e. The predicted octanol–water partition coefficient (Wildman–Crippen LogP) is 4.78. The van der Waals surface area contributed by atoms with Crippen LogP contribution in [0.5, 0.6) is 5.75 Å².